The van der Waals surface area contributed by atoms with Gasteiger partial charge in [0.25, 0.3) is 5.56 Å². The highest BCUT2D eigenvalue weighted by atomic mass is 19.1. The van der Waals surface area contributed by atoms with Gasteiger partial charge in [0.1, 0.15) is 17.2 Å². The van der Waals surface area contributed by atoms with Gasteiger partial charge in [0, 0.05) is 26.7 Å². The zero-order valence-corrected chi connectivity index (χ0v) is 16.9. The van der Waals surface area contributed by atoms with Gasteiger partial charge in [-0.2, -0.15) is 0 Å². The van der Waals surface area contributed by atoms with Gasteiger partial charge in [-0.15, -0.1) is 0 Å². The van der Waals surface area contributed by atoms with Crippen LogP contribution in [-0.4, -0.2) is 63.9 Å². The summed E-state index contributed by atoms with van der Waals surface area (Å²) in [6.07, 6.45) is 0. The molecule has 1 amide bonds. The lowest BCUT2D eigenvalue weighted by molar-refractivity contribution is -0.134. The molecule has 160 valence electrons. The number of aromatic nitrogens is 2. The smallest absolute Gasteiger partial charge is 0.332 e. The van der Waals surface area contributed by atoms with Crippen LogP contribution in [0.1, 0.15) is 22.8 Å². The van der Waals surface area contributed by atoms with E-state index < -0.39 is 22.8 Å². The van der Waals surface area contributed by atoms with Gasteiger partial charge in [-0.3, -0.25) is 28.4 Å². The molecule has 1 saturated heterocycles. The standard InChI is InChI=1S/C20H24FN5O4/c1-3-25-19(29)17(15(27)11-24-9-8-23(2)16(28)12-24)18(22)26(20(25)30)10-13-4-6-14(21)7-5-13/h4-7H,3,8-12,22H2,1-2H3. The molecule has 0 radical (unpaired) electrons. The van der Waals surface area contributed by atoms with E-state index in [0.29, 0.717) is 18.7 Å². The Morgan fingerprint density at radius 2 is 1.77 bits per heavy atom. The van der Waals surface area contributed by atoms with Gasteiger partial charge in [-0.25, -0.2) is 9.18 Å². The second kappa shape index (κ2) is 8.62. The maximum Gasteiger partial charge on any atom is 0.332 e. The molecule has 0 aliphatic carbocycles. The second-order valence-corrected chi connectivity index (χ2v) is 7.25. The number of nitrogen functional groups attached to an aromatic ring is 1. The lowest BCUT2D eigenvalue weighted by atomic mass is 10.1. The molecular weight excluding hydrogens is 393 g/mol. The Kier molecular flexibility index (Phi) is 6.16. The van der Waals surface area contributed by atoms with Gasteiger partial charge in [0.15, 0.2) is 5.78 Å². The number of nitrogens with zero attached hydrogens (tertiary/aromatic N) is 4. The third-order valence-corrected chi connectivity index (χ3v) is 5.22. The van der Waals surface area contributed by atoms with Crippen LogP contribution in [-0.2, 0) is 17.9 Å². The fourth-order valence-electron chi connectivity index (χ4n) is 3.41. The Morgan fingerprint density at radius 3 is 2.37 bits per heavy atom. The molecule has 1 fully saturated rings. The Balaban J connectivity index is 1.98. The minimum atomic E-state index is -0.749. The first kappa shape index (κ1) is 21.4. The molecule has 9 nitrogen and oxygen atoms in total. The lowest BCUT2D eigenvalue weighted by Crippen LogP contribution is -2.51. The van der Waals surface area contributed by atoms with Crippen molar-refractivity contribution in [1.29, 1.82) is 0 Å². The number of ketones is 1. The van der Waals surface area contributed by atoms with Crippen molar-refractivity contribution < 1.29 is 14.0 Å². The molecule has 0 atom stereocenters. The van der Waals surface area contributed by atoms with Gasteiger partial charge >= 0.3 is 5.69 Å². The first-order chi connectivity index (χ1) is 14.2. The van der Waals surface area contributed by atoms with Crippen molar-refractivity contribution >= 4 is 17.5 Å². The van der Waals surface area contributed by atoms with E-state index in [4.69, 9.17) is 5.73 Å². The number of Topliss-reactive ketones (excluding diaryl/α,β-unsaturated/α-hetero) is 1. The molecule has 0 unspecified atom stereocenters. The van der Waals surface area contributed by atoms with E-state index in [1.807, 2.05) is 0 Å². The Hall–Kier alpha value is -3.27. The van der Waals surface area contributed by atoms with Crippen LogP contribution in [0.2, 0.25) is 0 Å². The fraction of sp³-hybridized carbons (Fsp3) is 0.400. The summed E-state index contributed by atoms with van der Waals surface area (Å²) in [5.41, 5.74) is 5.03. The Labute approximate surface area is 172 Å². The highest BCUT2D eigenvalue weighted by Crippen LogP contribution is 2.12. The first-order valence-electron chi connectivity index (χ1n) is 9.60. The van der Waals surface area contributed by atoms with Crippen molar-refractivity contribution in [2.24, 2.45) is 0 Å². The number of carbonyl (C=O) groups is 2. The van der Waals surface area contributed by atoms with E-state index in [1.54, 1.807) is 23.8 Å². The number of anilines is 1. The topological polar surface area (TPSA) is 111 Å². The molecule has 0 bridgehead atoms. The molecule has 2 N–H and O–H groups in total. The fourth-order valence-corrected chi connectivity index (χ4v) is 3.41. The summed E-state index contributed by atoms with van der Waals surface area (Å²) in [6.45, 7) is 2.55. The minimum absolute atomic E-state index is 0.0154. The van der Waals surface area contributed by atoms with E-state index in [-0.39, 0.29) is 43.5 Å². The van der Waals surface area contributed by atoms with Crippen LogP contribution < -0.4 is 17.0 Å². The molecule has 0 saturated carbocycles. The minimum Gasteiger partial charge on any atom is -0.384 e. The normalized spacial score (nSPS) is 14.9. The SMILES string of the molecule is CCn1c(=O)c(C(=O)CN2CCN(C)C(=O)C2)c(N)n(Cc2ccc(F)cc2)c1=O. The van der Waals surface area contributed by atoms with Crippen molar-refractivity contribution in [3.63, 3.8) is 0 Å². The van der Waals surface area contributed by atoms with Gasteiger partial charge in [0.05, 0.1) is 19.6 Å². The molecule has 30 heavy (non-hydrogen) atoms. The van der Waals surface area contributed by atoms with Crippen molar-refractivity contribution in [2.75, 3.05) is 39.0 Å². The molecule has 2 heterocycles. The van der Waals surface area contributed by atoms with E-state index in [1.165, 1.54) is 24.3 Å². The average Bonchev–Trinajstić information content (AvgIpc) is 2.70. The van der Waals surface area contributed by atoms with Crippen LogP contribution in [0.5, 0.6) is 0 Å². The number of rotatable bonds is 6. The molecule has 1 aliphatic rings. The predicted octanol–water partition coefficient (Wildman–Crippen LogP) is -0.244. The van der Waals surface area contributed by atoms with Crippen LogP contribution in [0.15, 0.2) is 33.9 Å². The number of benzene rings is 1. The summed E-state index contributed by atoms with van der Waals surface area (Å²) in [7, 11) is 1.69. The number of nitrogens with two attached hydrogens (primary N) is 1. The number of hydrogen-bond acceptors (Lipinski definition) is 6. The largest absolute Gasteiger partial charge is 0.384 e. The predicted molar refractivity (Wildman–Crippen MR) is 109 cm³/mol. The number of hydrogen-bond donors (Lipinski definition) is 1. The number of halogens is 1. The van der Waals surface area contributed by atoms with Gasteiger partial charge in [-0.05, 0) is 24.6 Å². The van der Waals surface area contributed by atoms with Crippen LogP contribution >= 0.6 is 0 Å². The molecular formula is C20H24FN5O4. The van der Waals surface area contributed by atoms with Crippen LogP contribution in [0, 0.1) is 5.82 Å². The Morgan fingerprint density at radius 1 is 1.10 bits per heavy atom. The number of carbonyl (C=O) groups excluding carboxylic acids is 2. The third-order valence-electron chi connectivity index (χ3n) is 5.22. The van der Waals surface area contributed by atoms with Crippen molar-refractivity contribution in [1.82, 2.24) is 18.9 Å². The van der Waals surface area contributed by atoms with E-state index in [0.717, 1.165) is 9.13 Å². The summed E-state index contributed by atoms with van der Waals surface area (Å²) in [5.74, 6) is -1.32. The van der Waals surface area contributed by atoms with Crippen LogP contribution in [0.25, 0.3) is 0 Å². The highest BCUT2D eigenvalue weighted by molar-refractivity contribution is 6.01. The van der Waals surface area contributed by atoms with Crippen LogP contribution in [0.3, 0.4) is 0 Å². The summed E-state index contributed by atoms with van der Waals surface area (Å²) < 4.78 is 15.3. The van der Waals surface area contributed by atoms with Crippen molar-refractivity contribution in [3.8, 4) is 0 Å². The molecule has 1 aromatic heterocycles. The van der Waals surface area contributed by atoms with Gasteiger partial charge in [-0.1, -0.05) is 12.1 Å². The molecule has 3 rings (SSSR count). The maximum absolute atomic E-state index is 13.2. The Bertz CT molecular complexity index is 1090. The number of amides is 1. The third kappa shape index (κ3) is 4.18. The van der Waals surface area contributed by atoms with E-state index in [2.05, 4.69) is 0 Å². The summed E-state index contributed by atoms with van der Waals surface area (Å²) >= 11 is 0. The molecule has 1 aromatic carbocycles. The average molecular weight is 417 g/mol. The quantitative estimate of drug-likeness (QED) is 0.650. The number of likely N-dealkylation sites (N-methyl/N-ethyl adjacent to an activating group) is 1. The first-order valence-corrected chi connectivity index (χ1v) is 9.60. The van der Waals surface area contributed by atoms with Gasteiger partial charge < -0.3 is 10.6 Å². The summed E-state index contributed by atoms with van der Waals surface area (Å²) in [6, 6.07) is 5.51. The maximum atomic E-state index is 13.2. The van der Waals surface area contributed by atoms with E-state index >= 15 is 0 Å². The zero-order valence-electron chi connectivity index (χ0n) is 16.9. The monoisotopic (exact) mass is 417 g/mol. The lowest BCUT2D eigenvalue weighted by Gasteiger charge is -2.31. The highest BCUT2D eigenvalue weighted by Gasteiger charge is 2.27. The van der Waals surface area contributed by atoms with Crippen molar-refractivity contribution in [2.45, 2.75) is 20.0 Å². The van der Waals surface area contributed by atoms with Gasteiger partial charge in [0.2, 0.25) is 5.91 Å². The van der Waals surface area contributed by atoms with Crippen molar-refractivity contribution in [3.05, 3.63) is 62.0 Å². The van der Waals surface area contributed by atoms with Crippen LogP contribution in [0.4, 0.5) is 10.2 Å². The molecule has 2 aromatic rings. The second-order valence-electron chi connectivity index (χ2n) is 7.25. The summed E-state index contributed by atoms with van der Waals surface area (Å²) in [5, 5.41) is 0. The number of piperazine rings is 1. The summed E-state index contributed by atoms with van der Waals surface area (Å²) in [4.78, 5) is 53.6. The molecule has 10 heteroatoms. The molecule has 1 aliphatic heterocycles. The van der Waals surface area contributed by atoms with E-state index in [9.17, 15) is 23.6 Å². The molecule has 0 spiro atoms. The zero-order chi connectivity index (χ0) is 22.0.